The Hall–Kier alpha value is 0.00247. The minimum atomic E-state index is -0.175. The zero-order valence-electron chi connectivity index (χ0n) is 6.14. The van der Waals surface area contributed by atoms with Crippen LogP contribution in [0.4, 0.5) is 0 Å². The normalized spacial score (nSPS) is 8.20. The second-order valence-corrected chi connectivity index (χ2v) is 2.05. The second-order valence-electron chi connectivity index (χ2n) is 2.05. The molecule has 0 aromatic heterocycles. The van der Waals surface area contributed by atoms with Crippen molar-refractivity contribution in [1.29, 1.82) is 0 Å². The summed E-state index contributed by atoms with van der Waals surface area (Å²) in [4.78, 5) is 10.2. The van der Waals surface area contributed by atoms with Crippen LogP contribution in [0.1, 0.15) is 33.1 Å². The van der Waals surface area contributed by atoms with E-state index in [0.29, 0.717) is 6.61 Å². The molecule has 0 aliphatic carbocycles. The van der Waals surface area contributed by atoms with Gasteiger partial charge in [-0.3, -0.25) is 4.79 Å². The zero-order valence-corrected chi connectivity index (χ0v) is 6.14. The Kier molecular flexibility index (Phi) is 11.4. The Morgan fingerprint density at radius 3 is 2.40 bits per heavy atom. The van der Waals surface area contributed by atoms with Crippen LogP contribution >= 0.6 is 0 Å². The fraction of sp³-hybridized carbons (Fsp3) is 0.857. The molecule has 0 rings (SSSR count). The third-order valence-corrected chi connectivity index (χ3v) is 1.05. The first-order valence-corrected chi connectivity index (χ1v) is 3.40. The van der Waals surface area contributed by atoms with Gasteiger partial charge >= 0.3 is 5.97 Å². The van der Waals surface area contributed by atoms with E-state index in [1.807, 2.05) is 0 Å². The molecule has 0 fully saturated rings. The average Bonchev–Trinajstić information content (AvgIpc) is 1.80. The molecule has 0 atom stereocenters. The van der Waals surface area contributed by atoms with Gasteiger partial charge < -0.3 is 4.74 Å². The van der Waals surface area contributed by atoms with E-state index in [1.165, 1.54) is 13.3 Å². The van der Waals surface area contributed by atoms with Crippen molar-refractivity contribution in [3.8, 4) is 0 Å². The lowest BCUT2D eigenvalue weighted by Crippen LogP contribution is -1.99. The van der Waals surface area contributed by atoms with Gasteiger partial charge in [-0.05, 0) is 6.42 Å². The predicted octanol–water partition coefficient (Wildman–Crippen LogP) is 0.556. The predicted molar refractivity (Wildman–Crippen MR) is 46.1 cm³/mol. The van der Waals surface area contributed by atoms with Gasteiger partial charge in [0.15, 0.2) is 17.4 Å². The number of ether oxygens (including phenoxy) is 1. The van der Waals surface area contributed by atoms with E-state index in [0.717, 1.165) is 12.8 Å². The van der Waals surface area contributed by atoms with E-state index in [9.17, 15) is 4.79 Å². The molecule has 0 heterocycles. The van der Waals surface area contributed by atoms with Crippen LogP contribution in [0, 0.1) is 0 Å². The molecular weight excluding hydrogens is 143 g/mol. The maximum atomic E-state index is 10.2. The molecule has 0 aliphatic rings. The van der Waals surface area contributed by atoms with Crippen LogP contribution in [-0.4, -0.2) is 29.9 Å². The van der Waals surface area contributed by atoms with Crippen molar-refractivity contribution in [2.75, 3.05) is 6.61 Å². The van der Waals surface area contributed by atoms with Crippen LogP contribution in [0.5, 0.6) is 0 Å². The number of carbonyl (C=O) groups excluding carboxylic acids is 1. The minimum absolute atomic E-state index is 0. The smallest absolute Gasteiger partial charge is 0.302 e. The standard InChI is InChI=1S/C7H14O2.Al.3H/c1-3-4-5-6-9-7(2)8;;;;/h3-6H2,1-2H3;;;;. The fourth-order valence-corrected chi connectivity index (χ4v) is 0.568. The molecule has 0 saturated heterocycles. The fourth-order valence-electron chi connectivity index (χ4n) is 0.568. The highest BCUT2D eigenvalue weighted by Gasteiger charge is 1.89. The second kappa shape index (κ2) is 9.00. The summed E-state index contributed by atoms with van der Waals surface area (Å²) >= 11 is 0. The number of hydrogen-bond acceptors (Lipinski definition) is 2. The Labute approximate surface area is 73.1 Å². The maximum Gasteiger partial charge on any atom is 0.302 e. The molecule has 0 aromatic rings. The van der Waals surface area contributed by atoms with Crippen molar-refractivity contribution in [2.24, 2.45) is 0 Å². The van der Waals surface area contributed by atoms with E-state index in [4.69, 9.17) is 4.74 Å². The van der Waals surface area contributed by atoms with Crippen molar-refractivity contribution >= 4 is 23.3 Å². The van der Waals surface area contributed by atoms with Crippen LogP contribution in [0.3, 0.4) is 0 Å². The van der Waals surface area contributed by atoms with Gasteiger partial charge in [0, 0.05) is 6.92 Å². The molecule has 0 N–H and O–H groups in total. The van der Waals surface area contributed by atoms with Crippen molar-refractivity contribution in [3.05, 3.63) is 0 Å². The Bertz CT molecular complexity index is 83.7. The lowest BCUT2D eigenvalue weighted by Gasteiger charge is -1.98. The molecule has 0 bridgehead atoms. The minimum Gasteiger partial charge on any atom is -0.466 e. The van der Waals surface area contributed by atoms with Crippen molar-refractivity contribution < 1.29 is 9.53 Å². The Balaban J connectivity index is 0. The summed E-state index contributed by atoms with van der Waals surface area (Å²) in [6.45, 7) is 4.14. The molecule has 10 heavy (non-hydrogen) atoms. The summed E-state index contributed by atoms with van der Waals surface area (Å²) < 4.78 is 4.70. The van der Waals surface area contributed by atoms with Gasteiger partial charge in [-0.25, -0.2) is 0 Å². The van der Waals surface area contributed by atoms with Gasteiger partial charge in [-0.2, -0.15) is 0 Å². The van der Waals surface area contributed by atoms with Gasteiger partial charge in [0.2, 0.25) is 0 Å². The van der Waals surface area contributed by atoms with Gasteiger partial charge in [-0.15, -0.1) is 0 Å². The summed E-state index contributed by atoms with van der Waals surface area (Å²) in [5.74, 6) is -0.175. The zero-order chi connectivity index (χ0) is 7.11. The van der Waals surface area contributed by atoms with Crippen molar-refractivity contribution in [3.63, 3.8) is 0 Å². The van der Waals surface area contributed by atoms with Gasteiger partial charge in [0.25, 0.3) is 0 Å². The van der Waals surface area contributed by atoms with Crippen LogP contribution in [-0.2, 0) is 9.53 Å². The van der Waals surface area contributed by atoms with E-state index in [1.54, 1.807) is 0 Å². The SMILES string of the molecule is CCCCCOC(C)=O.[AlH3]. The third-order valence-electron chi connectivity index (χ3n) is 1.05. The molecule has 0 aromatic carbocycles. The van der Waals surface area contributed by atoms with Crippen LogP contribution in [0.2, 0.25) is 0 Å². The molecule has 0 aliphatic heterocycles. The lowest BCUT2D eigenvalue weighted by atomic mass is 10.3. The molecule has 0 saturated carbocycles. The summed E-state index contributed by atoms with van der Waals surface area (Å²) in [6, 6.07) is 0. The molecule has 0 unspecified atom stereocenters. The first-order chi connectivity index (χ1) is 4.27. The monoisotopic (exact) mass is 160 g/mol. The van der Waals surface area contributed by atoms with Gasteiger partial charge in [-0.1, -0.05) is 19.8 Å². The summed E-state index contributed by atoms with van der Waals surface area (Å²) in [6.07, 6.45) is 3.31. The number of hydrogen-bond donors (Lipinski definition) is 0. The first kappa shape index (κ1) is 12.7. The molecule has 2 nitrogen and oxygen atoms in total. The first-order valence-electron chi connectivity index (χ1n) is 3.40. The maximum absolute atomic E-state index is 10.2. The van der Waals surface area contributed by atoms with Gasteiger partial charge in [0.1, 0.15) is 0 Å². The molecule has 0 spiro atoms. The van der Waals surface area contributed by atoms with E-state index < -0.39 is 0 Å². The molecule has 0 amide bonds. The molecule has 0 radical (unpaired) electrons. The van der Waals surface area contributed by atoms with Crippen LogP contribution in [0.15, 0.2) is 0 Å². The number of esters is 1. The van der Waals surface area contributed by atoms with E-state index in [2.05, 4.69) is 6.92 Å². The van der Waals surface area contributed by atoms with E-state index in [-0.39, 0.29) is 23.3 Å². The van der Waals surface area contributed by atoms with Crippen molar-refractivity contribution in [1.82, 2.24) is 0 Å². The highest BCUT2D eigenvalue weighted by atomic mass is 27.0. The summed E-state index contributed by atoms with van der Waals surface area (Å²) in [7, 11) is 0. The highest BCUT2D eigenvalue weighted by Crippen LogP contribution is 1.93. The van der Waals surface area contributed by atoms with Gasteiger partial charge in [0.05, 0.1) is 6.61 Å². The number of carbonyl (C=O) groups is 1. The van der Waals surface area contributed by atoms with Crippen LogP contribution in [0.25, 0.3) is 0 Å². The number of unbranched alkanes of at least 4 members (excludes halogenated alkanes) is 2. The Morgan fingerprint density at radius 1 is 1.40 bits per heavy atom. The van der Waals surface area contributed by atoms with Crippen LogP contribution < -0.4 is 0 Å². The summed E-state index contributed by atoms with van der Waals surface area (Å²) in [5, 5.41) is 0. The summed E-state index contributed by atoms with van der Waals surface area (Å²) in [5.41, 5.74) is 0. The van der Waals surface area contributed by atoms with E-state index >= 15 is 0 Å². The average molecular weight is 160 g/mol. The Morgan fingerprint density at radius 2 is 2.00 bits per heavy atom. The topological polar surface area (TPSA) is 26.3 Å². The lowest BCUT2D eigenvalue weighted by molar-refractivity contribution is -0.141. The quantitative estimate of drug-likeness (QED) is 0.341. The molecule has 60 valence electrons. The van der Waals surface area contributed by atoms with Crippen molar-refractivity contribution in [2.45, 2.75) is 33.1 Å². The highest BCUT2D eigenvalue weighted by molar-refractivity contribution is 5.75. The molecular formula is C7H17AlO2. The molecule has 3 heteroatoms. The third kappa shape index (κ3) is 10.9. The largest absolute Gasteiger partial charge is 0.466 e. The number of rotatable bonds is 4.